The second kappa shape index (κ2) is 11.4. The molecule has 1 aliphatic carbocycles. The summed E-state index contributed by atoms with van der Waals surface area (Å²) in [6.07, 6.45) is 5.38. The lowest BCUT2D eigenvalue weighted by Gasteiger charge is -2.33. The first-order valence-electron chi connectivity index (χ1n) is 11.4. The molecule has 3 amide bonds. The molecule has 0 radical (unpaired) electrons. The van der Waals surface area contributed by atoms with Crippen molar-refractivity contribution in [2.45, 2.75) is 76.5 Å². The third kappa shape index (κ3) is 6.41. The molecule has 2 unspecified atom stereocenters. The number of carbonyl (C=O) groups excluding carboxylic acids is 4. The lowest BCUT2D eigenvalue weighted by Crippen LogP contribution is -2.54. The third-order valence-electron chi connectivity index (χ3n) is 6.61. The standard InChI is InChI=1S/C24H31ClN4O4/c1-15(30)29-21-5-3-2-4-17(21)12-22(29)24(33)28-20(11-10-19(31)13-26)23(32)27-14-16-6-8-18(25)9-7-16/h6-9,13,17,20-22,26H,2-5,10-12,14H2,1H3,(H,27,32)(H,28,33)/t17?,20-,21?,22-/m0/s1. The third-order valence-corrected chi connectivity index (χ3v) is 6.86. The van der Waals surface area contributed by atoms with Crippen molar-refractivity contribution in [2.75, 3.05) is 0 Å². The molecular weight excluding hydrogens is 444 g/mol. The molecule has 1 aromatic carbocycles. The molecule has 1 saturated carbocycles. The highest BCUT2D eigenvalue weighted by Gasteiger charge is 2.46. The summed E-state index contributed by atoms with van der Waals surface area (Å²) in [4.78, 5) is 51.8. The molecule has 3 rings (SSSR count). The number of halogens is 1. The van der Waals surface area contributed by atoms with Crippen molar-refractivity contribution >= 4 is 41.3 Å². The number of nitrogens with zero attached hydrogens (tertiary/aromatic N) is 1. The van der Waals surface area contributed by atoms with Crippen LogP contribution in [0, 0.1) is 11.3 Å². The van der Waals surface area contributed by atoms with Gasteiger partial charge in [-0.05, 0) is 49.3 Å². The van der Waals surface area contributed by atoms with E-state index in [9.17, 15) is 19.2 Å². The highest BCUT2D eigenvalue weighted by molar-refractivity contribution is 6.30. The van der Waals surface area contributed by atoms with Crippen molar-refractivity contribution < 1.29 is 19.2 Å². The maximum atomic E-state index is 13.2. The van der Waals surface area contributed by atoms with Crippen LogP contribution in [0.25, 0.3) is 0 Å². The van der Waals surface area contributed by atoms with E-state index in [0.717, 1.165) is 31.2 Å². The first kappa shape index (κ1) is 24.9. The predicted octanol–water partition coefficient (Wildman–Crippen LogP) is 2.62. The molecule has 2 fully saturated rings. The Morgan fingerprint density at radius 1 is 1.18 bits per heavy atom. The molecule has 1 heterocycles. The first-order chi connectivity index (χ1) is 15.8. The normalized spacial score (nSPS) is 22.7. The van der Waals surface area contributed by atoms with Crippen LogP contribution in [0.15, 0.2) is 24.3 Å². The molecule has 1 saturated heterocycles. The lowest BCUT2D eigenvalue weighted by molar-refractivity contribution is -0.140. The second-order valence-electron chi connectivity index (χ2n) is 8.84. The Balaban J connectivity index is 1.68. The average molecular weight is 475 g/mol. The van der Waals surface area contributed by atoms with E-state index in [1.54, 1.807) is 29.2 Å². The lowest BCUT2D eigenvalue weighted by atomic mass is 9.84. The molecule has 0 aromatic heterocycles. The van der Waals surface area contributed by atoms with Crippen molar-refractivity contribution in [1.82, 2.24) is 15.5 Å². The summed E-state index contributed by atoms with van der Waals surface area (Å²) in [5.74, 6) is -1.03. The van der Waals surface area contributed by atoms with E-state index >= 15 is 0 Å². The predicted molar refractivity (Wildman–Crippen MR) is 125 cm³/mol. The number of rotatable bonds is 9. The minimum absolute atomic E-state index is 0.0326. The molecule has 178 valence electrons. The van der Waals surface area contributed by atoms with Gasteiger partial charge in [0.2, 0.25) is 17.7 Å². The number of hydrogen-bond donors (Lipinski definition) is 3. The van der Waals surface area contributed by atoms with Gasteiger partial charge in [-0.25, -0.2) is 0 Å². The van der Waals surface area contributed by atoms with Crippen molar-refractivity contribution in [3.05, 3.63) is 34.9 Å². The summed E-state index contributed by atoms with van der Waals surface area (Å²) in [6.45, 7) is 1.73. The van der Waals surface area contributed by atoms with E-state index < -0.39 is 23.8 Å². The maximum Gasteiger partial charge on any atom is 0.243 e. The number of hydrogen-bond acceptors (Lipinski definition) is 5. The summed E-state index contributed by atoms with van der Waals surface area (Å²) in [5.41, 5.74) is 0.844. The number of Topliss-reactive ketones (excluding diaryl/α,β-unsaturated/α-hetero) is 1. The molecule has 1 aliphatic heterocycles. The molecule has 3 N–H and O–H groups in total. The van der Waals surface area contributed by atoms with Gasteiger partial charge in [-0.3, -0.25) is 19.2 Å². The molecular formula is C24H31ClN4O4. The largest absolute Gasteiger partial charge is 0.350 e. The molecule has 8 nitrogen and oxygen atoms in total. The highest BCUT2D eigenvalue weighted by atomic mass is 35.5. The number of likely N-dealkylation sites (tertiary alicyclic amines) is 1. The van der Waals surface area contributed by atoms with Crippen LogP contribution in [0.3, 0.4) is 0 Å². The van der Waals surface area contributed by atoms with Crippen molar-refractivity contribution in [1.29, 1.82) is 5.41 Å². The van der Waals surface area contributed by atoms with Crippen molar-refractivity contribution in [3.8, 4) is 0 Å². The number of carbonyl (C=O) groups is 4. The maximum absolute atomic E-state index is 13.2. The van der Waals surface area contributed by atoms with Crippen molar-refractivity contribution in [2.24, 2.45) is 5.92 Å². The van der Waals surface area contributed by atoms with Gasteiger partial charge in [0.15, 0.2) is 5.78 Å². The van der Waals surface area contributed by atoms with E-state index in [1.165, 1.54) is 6.92 Å². The van der Waals surface area contributed by atoms with Gasteiger partial charge in [0, 0.05) is 31.0 Å². The van der Waals surface area contributed by atoms with Crippen LogP contribution in [-0.2, 0) is 25.7 Å². The Morgan fingerprint density at radius 2 is 1.88 bits per heavy atom. The van der Waals surface area contributed by atoms with E-state index in [1.807, 2.05) is 0 Å². The molecule has 0 spiro atoms. The fourth-order valence-corrected chi connectivity index (χ4v) is 5.08. The van der Waals surface area contributed by atoms with Gasteiger partial charge in [-0.15, -0.1) is 0 Å². The minimum atomic E-state index is -0.940. The van der Waals surface area contributed by atoms with Crippen LogP contribution in [0.1, 0.15) is 57.4 Å². The number of amides is 3. The Morgan fingerprint density at radius 3 is 2.55 bits per heavy atom. The summed E-state index contributed by atoms with van der Waals surface area (Å²) in [6, 6.07) is 5.55. The zero-order valence-corrected chi connectivity index (χ0v) is 19.6. The second-order valence-corrected chi connectivity index (χ2v) is 9.28. The van der Waals surface area contributed by atoms with Crippen LogP contribution in [0.2, 0.25) is 5.02 Å². The smallest absolute Gasteiger partial charge is 0.243 e. The fraction of sp³-hybridized carbons (Fsp3) is 0.542. The Bertz CT molecular complexity index is 904. The van der Waals surface area contributed by atoms with Crippen LogP contribution in [-0.4, -0.2) is 52.7 Å². The van der Waals surface area contributed by atoms with Gasteiger partial charge in [0.25, 0.3) is 0 Å². The Hall–Kier alpha value is -2.74. The number of fused-ring (bicyclic) bond motifs is 1. The van der Waals surface area contributed by atoms with E-state index in [2.05, 4.69) is 10.6 Å². The summed E-state index contributed by atoms with van der Waals surface area (Å²) in [7, 11) is 0. The van der Waals surface area contributed by atoms with Crippen molar-refractivity contribution in [3.63, 3.8) is 0 Å². The fourth-order valence-electron chi connectivity index (χ4n) is 4.96. The van der Waals surface area contributed by atoms with E-state index in [0.29, 0.717) is 23.6 Å². The molecule has 0 bridgehead atoms. The van der Waals surface area contributed by atoms with Gasteiger partial charge in [-0.2, -0.15) is 0 Å². The SMILES string of the molecule is CC(=O)N1C2CCCCC2C[C@H]1C(=O)N[C@@H](CCC(=O)C=N)C(=O)NCc1ccc(Cl)cc1. The average Bonchev–Trinajstić information content (AvgIpc) is 3.21. The molecule has 33 heavy (non-hydrogen) atoms. The summed E-state index contributed by atoms with van der Waals surface area (Å²) >= 11 is 5.90. The Labute approximate surface area is 198 Å². The van der Waals surface area contributed by atoms with Crippen LogP contribution >= 0.6 is 11.6 Å². The topological polar surface area (TPSA) is 119 Å². The summed E-state index contributed by atoms with van der Waals surface area (Å²) in [5, 5.41) is 13.3. The molecule has 1 aromatic rings. The van der Waals surface area contributed by atoms with Gasteiger partial charge < -0.3 is 20.9 Å². The zero-order chi connectivity index (χ0) is 24.0. The quantitative estimate of drug-likeness (QED) is 0.476. The van der Waals surface area contributed by atoms with Crippen LogP contribution < -0.4 is 10.6 Å². The van der Waals surface area contributed by atoms with E-state index in [4.69, 9.17) is 17.0 Å². The monoisotopic (exact) mass is 474 g/mol. The van der Waals surface area contributed by atoms with Gasteiger partial charge >= 0.3 is 0 Å². The molecule has 9 heteroatoms. The minimum Gasteiger partial charge on any atom is -0.350 e. The zero-order valence-electron chi connectivity index (χ0n) is 18.8. The van der Waals surface area contributed by atoms with Crippen LogP contribution in [0.4, 0.5) is 0 Å². The van der Waals surface area contributed by atoms with E-state index in [-0.39, 0.29) is 37.2 Å². The summed E-state index contributed by atoms with van der Waals surface area (Å²) < 4.78 is 0. The first-order valence-corrected chi connectivity index (χ1v) is 11.8. The van der Waals surface area contributed by atoms with Gasteiger partial charge in [0.1, 0.15) is 12.1 Å². The number of benzene rings is 1. The number of ketones is 1. The highest BCUT2D eigenvalue weighted by Crippen LogP contribution is 2.39. The molecule has 2 aliphatic rings. The van der Waals surface area contributed by atoms with Gasteiger partial charge in [-0.1, -0.05) is 36.6 Å². The van der Waals surface area contributed by atoms with Gasteiger partial charge in [0.05, 0.1) is 6.21 Å². The Kier molecular flexibility index (Phi) is 8.61. The molecule has 4 atom stereocenters. The number of nitrogens with one attached hydrogen (secondary N) is 3. The van der Waals surface area contributed by atoms with Crippen LogP contribution in [0.5, 0.6) is 0 Å².